The van der Waals surface area contributed by atoms with E-state index in [1.165, 1.54) is 4.90 Å². The third-order valence-electron chi connectivity index (χ3n) is 6.32. The highest BCUT2D eigenvalue weighted by molar-refractivity contribution is 5.92. The number of rotatable bonds is 11. The molecule has 0 radical (unpaired) electrons. The fraction of sp³-hybridized carbons (Fsp3) is 0.586. The number of carbonyl (C=O) groups is 4. The Hall–Kier alpha value is -3.54. The van der Waals surface area contributed by atoms with Crippen LogP contribution in [0.1, 0.15) is 96.2 Å². The van der Waals surface area contributed by atoms with Crippen molar-refractivity contribution in [2.24, 2.45) is 5.73 Å². The zero-order valence-electron chi connectivity index (χ0n) is 23.0. The van der Waals surface area contributed by atoms with Gasteiger partial charge in [-0.25, -0.2) is 4.79 Å². The second kappa shape index (κ2) is 14.4. The third-order valence-corrected chi connectivity index (χ3v) is 6.32. The van der Waals surface area contributed by atoms with E-state index in [4.69, 9.17) is 16.9 Å². The lowest BCUT2D eigenvalue weighted by Gasteiger charge is -2.35. The molecule has 0 bridgehead atoms. The van der Waals surface area contributed by atoms with Crippen molar-refractivity contribution >= 4 is 23.8 Å². The number of benzene rings is 1. The van der Waals surface area contributed by atoms with Gasteiger partial charge in [0.2, 0.25) is 17.7 Å². The molecular formula is C29H42N4O5. The summed E-state index contributed by atoms with van der Waals surface area (Å²) in [7, 11) is 0. The second-order valence-corrected chi connectivity index (χ2v) is 10.7. The molecule has 4 N–H and O–H groups in total. The third kappa shape index (κ3) is 9.73. The minimum absolute atomic E-state index is 0.0272. The monoisotopic (exact) mass is 526 g/mol. The molecule has 2 rings (SSSR count). The molecule has 1 aliphatic carbocycles. The Balaban J connectivity index is 2.44. The summed E-state index contributed by atoms with van der Waals surface area (Å²) in [5, 5.41) is 5.74. The molecule has 0 aromatic heterocycles. The van der Waals surface area contributed by atoms with Crippen LogP contribution in [-0.2, 0) is 19.1 Å². The first-order valence-corrected chi connectivity index (χ1v) is 13.4. The number of nitrogens with zero attached hydrogens (tertiary/aromatic N) is 1. The lowest BCUT2D eigenvalue weighted by molar-refractivity contribution is -0.143. The first-order valence-electron chi connectivity index (χ1n) is 13.4. The van der Waals surface area contributed by atoms with Gasteiger partial charge in [0.15, 0.2) is 0 Å². The van der Waals surface area contributed by atoms with Crippen LogP contribution in [0, 0.1) is 12.3 Å². The number of alkyl carbamates (subject to hydrolysis) is 1. The van der Waals surface area contributed by atoms with Gasteiger partial charge < -0.3 is 26.0 Å². The van der Waals surface area contributed by atoms with Gasteiger partial charge in [-0.05, 0) is 64.2 Å². The molecule has 38 heavy (non-hydrogen) atoms. The zero-order valence-corrected chi connectivity index (χ0v) is 23.0. The Morgan fingerprint density at radius 1 is 1.13 bits per heavy atom. The lowest BCUT2D eigenvalue weighted by Crippen LogP contribution is -2.54. The van der Waals surface area contributed by atoms with E-state index in [0.717, 1.165) is 32.1 Å². The minimum Gasteiger partial charge on any atom is -0.444 e. The maximum atomic E-state index is 14.0. The van der Waals surface area contributed by atoms with Gasteiger partial charge in [-0.3, -0.25) is 14.4 Å². The van der Waals surface area contributed by atoms with Crippen molar-refractivity contribution in [3.63, 3.8) is 0 Å². The zero-order chi connectivity index (χ0) is 28.3. The standard InChI is InChI=1S/C29H42N4O5/c1-6-19-33(27(36)23(17-18-24(30)34)32-28(37)38-29(3,4)5)25(21-15-13-20(7-2)14-16-21)26(35)31-22-11-9-8-10-12-22/h2,13-16,22-23,25H,6,8-12,17-19H2,1,3-5H3,(H2,30,34)(H,31,35)(H,32,37). The maximum absolute atomic E-state index is 14.0. The second-order valence-electron chi connectivity index (χ2n) is 10.7. The van der Waals surface area contributed by atoms with Gasteiger partial charge in [-0.1, -0.05) is 44.2 Å². The SMILES string of the molecule is C#Cc1ccc(C(C(=O)NC2CCCCC2)N(CCC)C(=O)C(CCC(N)=O)NC(=O)OC(C)(C)C)cc1. The normalized spacial score (nSPS) is 15.4. The van der Waals surface area contributed by atoms with E-state index in [9.17, 15) is 19.2 Å². The summed E-state index contributed by atoms with van der Waals surface area (Å²) in [6.07, 6.45) is 10.1. The molecule has 0 aliphatic heterocycles. The Morgan fingerprint density at radius 3 is 2.29 bits per heavy atom. The highest BCUT2D eigenvalue weighted by atomic mass is 16.6. The molecule has 1 saturated carbocycles. The summed E-state index contributed by atoms with van der Waals surface area (Å²) < 4.78 is 5.35. The van der Waals surface area contributed by atoms with Crippen molar-refractivity contribution in [1.29, 1.82) is 0 Å². The smallest absolute Gasteiger partial charge is 0.408 e. The van der Waals surface area contributed by atoms with Crippen molar-refractivity contribution in [3.8, 4) is 12.3 Å². The number of nitrogens with two attached hydrogens (primary N) is 1. The summed E-state index contributed by atoms with van der Waals surface area (Å²) in [5.41, 5.74) is 5.82. The molecule has 2 unspecified atom stereocenters. The number of ether oxygens (including phenoxy) is 1. The van der Waals surface area contributed by atoms with Crippen molar-refractivity contribution in [2.45, 2.75) is 103 Å². The molecule has 1 fully saturated rings. The number of amides is 4. The first kappa shape index (κ1) is 30.7. The number of carbonyl (C=O) groups excluding carboxylic acids is 4. The van der Waals surface area contributed by atoms with Gasteiger partial charge in [0.05, 0.1) is 0 Å². The highest BCUT2D eigenvalue weighted by Gasteiger charge is 2.36. The molecule has 9 nitrogen and oxygen atoms in total. The van der Waals surface area contributed by atoms with Crippen LogP contribution in [0.5, 0.6) is 0 Å². The molecule has 9 heteroatoms. The van der Waals surface area contributed by atoms with E-state index in [0.29, 0.717) is 17.5 Å². The molecule has 1 aromatic rings. The number of primary amides is 1. The molecule has 0 saturated heterocycles. The van der Waals surface area contributed by atoms with Gasteiger partial charge in [0.25, 0.3) is 0 Å². The van der Waals surface area contributed by atoms with E-state index >= 15 is 0 Å². The van der Waals surface area contributed by atoms with Crippen LogP contribution in [0.4, 0.5) is 4.79 Å². The Morgan fingerprint density at radius 2 is 1.76 bits per heavy atom. The summed E-state index contributed by atoms with van der Waals surface area (Å²) in [4.78, 5) is 53.3. The summed E-state index contributed by atoms with van der Waals surface area (Å²) >= 11 is 0. The average Bonchev–Trinajstić information content (AvgIpc) is 2.85. The minimum atomic E-state index is -1.11. The average molecular weight is 527 g/mol. The molecule has 1 aromatic carbocycles. The molecular weight excluding hydrogens is 484 g/mol. The van der Waals surface area contributed by atoms with Gasteiger partial charge in [-0.2, -0.15) is 0 Å². The summed E-state index contributed by atoms with van der Waals surface area (Å²) in [6, 6.07) is 4.92. The topological polar surface area (TPSA) is 131 Å². The van der Waals surface area contributed by atoms with Gasteiger partial charge in [0, 0.05) is 24.6 Å². The van der Waals surface area contributed by atoms with Crippen LogP contribution in [0.3, 0.4) is 0 Å². The van der Waals surface area contributed by atoms with Crippen molar-refractivity contribution < 1.29 is 23.9 Å². The van der Waals surface area contributed by atoms with Crippen LogP contribution in [0.25, 0.3) is 0 Å². The Bertz CT molecular complexity index is 1000. The lowest BCUT2D eigenvalue weighted by atomic mass is 9.94. The van der Waals surface area contributed by atoms with Crippen molar-refractivity contribution in [2.75, 3.05) is 6.54 Å². The molecule has 2 atom stereocenters. The number of hydrogen-bond donors (Lipinski definition) is 3. The number of nitrogens with one attached hydrogen (secondary N) is 2. The largest absolute Gasteiger partial charge is 0.444 e. The fourth-order valence-corrected chi connectivity index (χ4v) is 4.56. The molecule has 0 heterocycles. The predicted octanol–water partition coefficient (Wildman–Crippen LogP) is 3.56. The van der Waals surface area contributed by atoms with Gasteiger partial charge in [-0.15, -0.1) is 6.42 Å². The number of hydrogen-bond acceptors (Lipinski definition) is 5. The molecule has 1 aliphatic rings. The van der Waals surface area contributed by atoms with E-state index in [1.54, 1.807) is 45.0 Å². The van der Waals surface area contributed by atoms with Crippen LogP contribution in [0.15, 0.2) is 24.3 Å². The van der Waals surface area contributed by atoms with Crippen LogP contribution >= 0.6 is 0 Å². The van der Waals surface area contributed by atoms with E-state index in [1.807, 2.05) is 6.92 Å². The van der Waals surface area contributed by atoms with Crippen LogP contribution < -0.4 is 16.4 Å². The summed E-state index contributed by atoms with van der Waals surface area (Å²) in [6.45, 7) is 7.28. The Labute approximate surface area is 226 Å². The Kier molecular flexibility index (Phi) is 11.6. The van der Waals surface area contributed by atoms with E-state index in [-0.39, 0.29) is 31.3 Å². The maximum Gasteiger partial charge on any atom is 0.408 e. The fourth-order valence-electron chi connectivity index (χ4n) is 4.56. The van der Waals surface area contributed by atoms with Crippen molar-refractivity contribution in [3.05, 3.63) is 35.4 Å². The van der Waals surface area contributed by atoms with Crippen molar-refractivity contribution in [1.82, 2.24) is 15.5 Å². The molecule has 208 valence electrons. The highest BCUT2D eigenvalue weighted by Crippen LogP contribution is 2.26. The van der Waals surface area contributed by atoms with Crippen LogP contribution in [0.2, 0.25) is 0 Å². The quantitative estimate of drug-likeness (QED) is 0.380. The molecule has 4 amide bonds. The summed E-state index contributed by atoms with van der Waals surface area (Å²) in [5.74, 6) is 1.17. The molecule has 0 spiro atoms. The van der Waals surface area contributed by atoms with E-state index in [2.05, 4.69) is 16.6 Å². The van der Waals surface area contributed by atoms with Gasteiger partial charge in [0.1, 0.15) is 17.7 Å². The number of terminal acetylenes is 1. The first-order chi connectivity index (χ1) is 17.9. The predicted molar refractivity (Wildman–Crippen MR) is 146 cm³/mol. The van der Waals surface area contributed by atoms with E-state index < -0.39 is 35.6 Å². The van der Waals surface area contributed by atoms with Gasteiger partial charge >= 0.3 is 6.09 Å². The van der Waals surface area contributed by atoms with Crippen LogP contribution in [-0.4, -0.2) is 52.9 Å².